The summed E-state index contributed by atoms with van der Waals surface area (Å²) in [4.78, 5) is 26.4. The van der Waals surface area contributed by atoms with Crippen LogP contribution in [0, 0.1) is 0 Å². The summed E-state index contributed by atoms with van der Waals surface area (Å²) in [5.41, 5.74) is 0. The number of nitrogens with one attached hydrogen (secondary N) is 1. The third-order valence-electron chi connectivity index (χ3n) is 5.29. The Morgan fingerprint density at radius 1 is 1.05 bits per heavy atom. The van der Waals surface area contributed by atoms with Crippen LogP contribution in [0.25, 0.3) is 0 Å². The fraction of sp³-hybridized carbons (Fsp3) is 0.875. The third kappa shape index (κ3) is 2.99. The van der Waals surface area contributed by atoms with Gasteiger partial charge in [0.2, 0.25) is 11.8 Å². The zero-order valence-electron chi connectivity index (χ0n) is 12.8. The van der Waals surface area contributed by atoms with Crippen molar-refractivity contribution < 1.29 is 14.3 Å². The van der Waals surface area contributed by atoms with E-state index in [1.54, 1.807) is 12.0 Å². The van der Waals surface area contributed by atoms with E-state index in [0.29, 0.717) is 6.42 Å². The van der Waals surface area contributed by atoms with Crippen LogP contribution in [-0.4, -0.2) is 48.1 Å². The van der Waals surface area contributed by atoms with Crippen LogP contribution >= 0.6 is 0 Å². The Bertz CT molecular complexity index is 406. The van der Waals surface area contributed by atoms with Crippen LogP contribution in [0.15, 0.2) is 0 Å². The van der Waals surface area contributed by atoms with Gasteiger partial charge in [-0.25, -0.2) is 0 Å². The molecule has 1 N–H and O–H groups in total. The lowest BCUT2D eigenvalue weighted by Gasteiger charge is -2.30. The highest BCUT2D eigenvalue weighted by molar-refractivity contribution is 6.05. The average molecular weight is 294 g/mol. The molecule has 21 heavy (non-hydrogen) atoms. The second kappa shape index (κ2) is 6.44. The standard InChI is InChI=1S/C16H26N2O3/c1-21-14-9-5-8-12(14)17-13-10-15(19)18(16(13)20)11-6-3-2-4-7-11/h11-14,17H,2-10H2,1H3. The van der Waals surface area contributed by atoms with E-state index in [4.69, 9.17) is 4.74 Å². The van der Waals surface area contributed by atoms with E-state index in [9.17, 15) is 9.59 Å². The lowest BCUT2D eigenvalue weighted by Crippen LogP contribution is -2.49. The van der Waals surface area contributed by atoms with Crippen molar-refractivity contribution in [2.24, 2.45) is 0 Å². The van der Waals surface area contributed by atoms with E-state index >= 15 is 0 Å². The summed E-state index contributed by atoms with van der Waals surface area (Å²) in [6, 6.07) is 0.0237. The highest BCUT2D eigenvalue weighted by atomic mass is 16.5. The van der Waals surface area contributed by atoms with Crippen molar-refractivity contribution in [2.45, 2.75) is 82.0 Å². The Morgan fingerprint density at radius 3 is 2.52 bits per heavy atom. The smallest absolute Gasteiger partial charge is 0.247 e. The Hall–Kier alpha value is -0.940. The van der Waals surface area contributed by atoms with E-state index in [2.05, 4.69) is 5.32 Å². The highest BCUT2D eigenvalue weighted by Gasteiger charge is 2.44. The fourth-order valence-electron chi connectivity index (χ4n) is 4.16. The third-order valence-corrected chi connectivity index (χ3v) is 5.29. The van der Waals surface area contributed by atoms with Crippen molar-refractivity contribution in [1.29, 1.82) is 0 Å². The van der Waals surface area contributed by atoms with Gasteiger partial charge in [-0.05, 0) is 32.1 Å². The molecular formula is C16H26N2O3. The molecule has 1 aliphatic heterocycles. The van der Waals surface area contributed by atoms with Crippen molar-refractivity contribution >= 4 is 11.8 Å². The molecule has 3 unspecified atom stereocenters. The van der Waals surface area contributed by atoms with Crippen LogP contribution in [0.4, 0.5) is 0 Å². The van der Waals surface area contributed by atoms with Crippen LogP contribution < -0.4 is 5.32 Å². The Labute approximate surface area is 126 Å². The number of rotatable bonds is 4. The number of nitrogens with zero attached hydrogens (tertiary/aromatic N) is 1. The molecule has 3 aliphatic rings. The molecule has 5 nitrogen and oxygen atoms in total. The van der Waals surface area contributed by atoms with E-state index in [0.717, 1.165) is 44.9 Å². The SMILES string of the molecule is COC1CCCC1NC1CC(=O)N(C2CCCCC2)C1=O. The number of hydrogen-bond donors (Lipinski definition) is 1. The first kappa shape index (κ1) is 15.0. The average Bonchev–Trinajstić information content (AvgIpc) is 3.05. The molecule has 2 saturated carbocycles. The molecule has 1 saturated heterocycles. The number of carbonyl (C=O) groups is 2. The summed E-state index contributed by atoms with van der Waals surface area (Å²) in [6.07, 6.45) is 9.14. The lowest BCUT2D eigenvalue weighted by atomic mass is 9.94. The van der Waals surface area contributed by atoms with Gasteiger partial charge in [-0.1, -0.05) is 19.3 Å². The Balaban J connectivity index is 1.63. The van der Waals surface area contributed by atoms with Gasteiger partial charge >= 0.3 is 0 Å². The van der Waals surface area contributed by atoms with Crippen molar-refractivity contribution in [3.8, 4) is 0 Å². The molecule has 3 atom stereocenters. The number of hydrogen-bond acceptors (Lipinski definition) is 4. The number of amides is 2. The van der Waals surface area contributed by atoms with Crippen molar-refractivity contribution in [3.63, 3.8) is 0 Å². The van der Waals surface area contributed by atoms with Gasteiger partial charge in [0.15, 0.2) is 0 Å². The molecule has 5 heteroatoms. The number of ether oxygens (including phenoxy) is 1. The summed E-state index contributed by atoms with van der Waals surface area (Å²) in [5, 5.41) is 3.39. The topological polar surface area (TPSA) is 58.6 Å². The number of imide groups is 1. The summed E-state index contributed by atoms with van der Waals surface area (Å²) in [5.74, 6) is 0.00465. The zero-order chi connectivity index (χ0) is 14.8. The van der Waals surface area contributed by atoms with Crippen LogP contribution in [-0.2, 0) is 14.3 Å². The van der Waals surface area contributed by atoms with Crippen molar-refractivity contribution in [1.82, 2.24) is 10.2 Å². The molecule has 1 heterocycles. The molecule has 0 aromatic heterocycles. The number of carbonyl (C=O) groups excluding carboxylic acids is 2. The summed E-state index contributed by atoms with van der Waals surface area (Å²) in [7, 11) is 1.72. The van der Waals surface area contributed by atoms with Gasteiger partial charge in [0, 0.05) is 19.2 Å². The summed E-state index contributed by atoms with van der Waals surface area (Å²) >= 11 is 0. The van der Waals surface area contributed by atoms with Gasteiger partial charge in [0.1, 0.15) is 0 Å². The van der Waals surface area contributed by atoms with Gasteiger partial charge in [-0.15, -0.1) is 0 Å². The molecule has 0 aromatic carbocycles. The molecule has 0 aromatic rings. The minimum atomic E-state index is -0.333. The van der Waals surface area contributed by atoms with Crippen molar-refractivity contribution in [2.75, 3.05) is 7.11 Å². The first-order valence-electron chi connectivity index (χ1n) is 8.35. The Kier molecular flexibility index (Phi) is 4.60. The predicted octanol–water partition coefficient (Wildman–Crippen LogP) is 1.60. The molecule has 3 fully saturated rings. The lowest BCUT2D eigenvalue weighted by molar-refractivity contribution is -0.142. The van der Waals surface area contributed by atoms with Gasteiger partial charge in [0.05, 0.1) is 18.6 Å². The van der Waals surface area contributed by atoms with Gasteiger partial charge in [-0.2, -0.15) is 0 Å². The summed E-state index contributed by atoms with van der Waals surface area (Å²) in [6.45, 7) is 0. The second-order valence-electron chi connectivity index (χ2n) is 6.63. The van der Waals surface area contributed by atoms with Gasteiger partial charge in [-0.3, -0.25) is 14.5 Å². The van der Waals surface area contributed by atoms with E-state index in [1.807, 2.05) is 0 Å². The first-order chi connectivity index (χ1) is 10.2. The molecule has 3 rings (SSSR count). The molecule has 2 amide bonds. The number of methoxy groups -OCH3 is 1. The quantitative estimate of drug-likeness (QED) is 0.800. The van der Waals surface area contributed by atoms with Crippen molar-refractivity contribution in [3.05, 3.63) is 0 Å². The number of likely N-dealkylation sites (tertiary alicyclic amines) is 1. The normalized spacial score (nSPS) is 34.9. The van der Waals surface area contributed by atoms with E-state index in [-0.39, 0.29) is 36.0 Å². The largest absolute Gasteiger partial charge is 0.380 e. The van der Waals surface area contributed by atoms with Gasteiger partial charge < -0.3 is 10.1 Å². The molecule has 0 radical (unpaired) electrons. The van der Waals surface area contributed by atoms with E-state index < -0.39 is 0 Å². The molecular weight excluding hydrogens is 268 g/mol. The highest BCUT2D eigenvalue weighted by Crippen LogP contribution is 2.29. The fourth-order valence-corrected chi connectivity index (χ4v) is 4.16. The van der Waals surface area contributed by atoms with Crippen LogP contribution in [0.5, 0.6) is 0 Å². The maximum atomic E-state index is 12.6. The molecule has 0 bridgehead atoms. The molecule has 2 aliphatic carbocycles. The van der Waals surface area contributed by atoms with E-state index in [1.165, 1.54) is 6.42 Å². The predicted molar refractivity (Wildman–Crippen MR) is 78.7 cm³/mol. The summed E-state index contributed by atoms with van der Waals surface area (Å²) < 4.78 is 5.47. The molecule has 0 spiro atoms. The minimum Gasteiger partial charge on any atom is -0.380 e. The van der Waals surface area contributed by atoms with Crippen LogP contribution in [0.1, 0.15) is 57.8 Å². The van der Waals surface area contributed by atoms with Gasteiger partial charge in [0.25, 0.3) is 0 Å². The first-order valence-corrected chi connectivity index (χ1v) is 8.35. The second-order valence-corrected chi connectivity index (χ2v) is 6.63. The Morgan fingerprint density at radius 2 is 1.81 bits per heavy atom. The van der Waals surface area contributed by atoms with Crippen LogP contribution in [0.3, 0.4) is 0 Å². The van der Waals surface area contributed by atoms with Crippen LogP contribution in [0.2, 0.25) is 0 Å². The maximum Gasteiger partial charge on any atom is 0.247 e. The maximum absolute atomic E-state index is 12.6. The zero-order valence-corrected chi connectivity index (χ0v) is 12.8. The monoisotopic (exact) mass is 294 g/mol. The molecule has 118 valence electrons. The minimum absolute atomic E-state index is 0.00588.